The lowest BCUT2D eigenvalue weighted by atomic mass is 9.37. The Kier molecular flexibility index (Phi) is 11.8. The van der Waals surface area contributed by atoms with Crippen molar-refractivity contribution in [1.29, 1.82) is 0 Å². The van der Waals surface area contributed by atoms with Gasteiger partial charge in [-0.2, -0.15) is 0 Å². The van der Waals surface area contributed by atoms with Crippen LogP contribution in [0.3, 0.4) is 0 Å². The first-order valence-electron chi connectivity index (χ1n) is 17.7. The third-order valence-corrected chi connectivity index (χ3v) is 12.0. The summed E-state index contributed by atoms with van der Waals surface area (Å²) >= 11 is 0. The highest BCUT2D eigenvalue weighted by molar-refractivity contribution is 6.86. The van der Waals surface area contributed by atoms with E-state index in [1.165, 1.54) is 59.3 Å². The van der Waals surface area contributed by atoms with Crippen molar-refractivity contribution in [2.45, 2.75) is 56.4 Å². The lowest BCUT2D eigenvalue weighted by Crippen LogP contribution is -2.46. The van der Waals surface area contributed by atoms with Gasteiger partial charge in [0.05, 0.1) is 27.6 Å². The van der Waals surface area contributed by atoms with Gasteiger partial charge >= 0.3 is 0 Å². The van der Waals surface area contributed by atoms with Gasteiger partial charge in [-0.1, -0.05) is 194 Å². The second-order valence-corrected chi connectivity index (χ2v) is 15.1. The summed E-state index contributed by atoms with van der Waals surface area (Å²) < 4.78 is 8.41. The first-order chi connectivity index (χ1) is 23.8. The Morgan fingerprint density at radius 3 is 1.81 bits per heavy atom. The van der Waals surface area contributed by atoms with E-state index in [1.807, 2.05) is 12.5 Å². The van der Waals surface area contributed by atoms with E-state index < -0.39 is 9.52 Å². The lowest BCUT2D eigenvalue weighted by Gasteiger charge is -2.37. The molecule has 1 aliphatic carbocycles. The summed E-state index contributed by atoms with van der Waals surface area (Å²) in [5, 5.41) is 1.11. The molecular weight excluding hydrogens is 599 g/mol. The van der Waals surface area contributed by atoms with Crippen LogP contribution in [0.25, 0.3) is 0 Å². The molecule has 0 spiro atoms. The number of benzene rings is 5. The zero-order chi connectivity index (χ0) is 32.9. The molecule has 242 valence electrons. The molecule has 1 saturated carbocycles. The predicted molar refractivity (Wildman–Crippen MR) is 206 cm³/mol. The highest BCUT2D eigenvalue weighted by Gasteiger charge is 2.37. The summed E-state index contributed by atoms with van der Waals surface area (Å²) in [6.07, 6.45) is 13.6. The SMILES string of the molecule is CCCCCCOc1cccc([SiH2]C(c2ccccc2)(c2ccccc2)n2ccnc2)c1.c1ccc(B(c2ccccc2)C2CC2)cc1. The molecule has 0 bridgehead atoms. The Morgan fingerprint density at radius 2 is 1.29 bits per heavy atom. The van der Waals surface area contributed by atoms with Crippen LogP contribution in [0.1, 0.15) is 56.6 Å². The number of rotatable bonds is 14. The van der Waals surface area contributed by atoms with Crippen LogP contribution < -0.4 is 20.8 Å². The fraction of sp³-hybridized carbons (Fsp3) is 0.233. The molecule has 0 atom stereocenters. The molecule has 1 fully saturated rings. The second-order valence-electron chi connectivity index (χ2n) is 12.9. The van der Waals surface area contributed by atoms with Crippen LogP contribution in [0.2, 0.25) is 5.82 Å². The van der Waals surface area contributed by atoms with E-state index >= 15 is 0 Å². The minimum Gasteiger partial charge on any atom is -0.494 e. The van der Waals surface area contributed by atoms with Crippen LogP contribution in [0.15, 0.2) is 164 Å². The summed E-state index contributed by atoms with van der Waals surface area (Å²) in [5.41, 5.74) is 5.52. The smallest absolute Gasteiger partial charge is 0.212 e. The van der Waals surface area contributed by atoms with Gasteiger partial charge in [-0.3, -0.25) is 0 Å². The van der Waals surface area contributed by atoms with Gasteiger partial charge < -0.3 is 9.30 Å². The number of ether oxygens (including phenoxy) is 1. The van der Waals surface area contributed by atoms with Crippen molar-refractivity contribution in [3.05, 3.63) is 175 Å². The molecule has 1 heterocycles. The van der Waals surface area contributed by atoms with E-state index in [9.17, 15) is 0 Å². The first-order valence-corrected chi connectivity index (χ1v) is 19.1. The van der Waals surface area contributed by atoms with Gasteiger partial charge in [0.25, 0.3) is 0 Å². The third-order valence-electron chi connectivity index (χ3n) is 9.48. The summed E-state index contributed by atoms with van der Waals surface area (Å²) in [7, 11) is -0.885. The van der Waals surface area contributed by atoms with E-state index in [0.717, 1.165) is 24.6 Å². The van der Waals surface area contributed by atoms with E-state index in [-0.39, 0.29) is 5.16 Å². The standard InChI is InChI=1S/C28H32N2OSi.C15H15B/c1-2-3-4-11-21-31-26-17-12-18-27(22-26)32-28(30-20-19-29-23-30,24-13-7-5-8-14-24)25-15-9-6-10-16-25;1-3-7-13(8-4-1)16(15-11-12-15)14-9-5-2-6-10-14/h5-10,12-20,22-23H,2-4,11,21,32H2,1H3;1-10,15H,11-12H2. The molecule has 0 amide bonds. The fourth-order valence-electron chi connectivity index (χ4n) is 6.92. The molecule has 5 aromatic carbocycles. The molecule has 0 N–H and O–H groups in total. The number of aromatic nitrogens is 2. The molecule has 5 heteroatoms. The molecule has 3 nitrogen and oxygen atoms in total. The highest BCUT2D eigenvalue weighted by Crippen LogP contribution is 2.38. The summed E-state index contributed by atoms with van der Waals surface area (Å²) in [4.78, 5) is 4.42. The molecule has 7 rings (SSSR count). The Labute approximate surface area is 290 Å². The van der Waals surface area contributed by atoms with Crippen LogP contribution in [-0.4, -0.2) is 32.4 Å². The van der Waals surface area contributed by atoms with Crippen LogP contribution in [0.5, 0.6) is 5.75 Å². The lowest BCUT2D eigenvalue weighted by molar-refractivity contribution is 0.305. The van der Waals surface area contributed by atoms with E-state index in [4.69, 9.17) is 4.74 Å². The maximum atomic E-state index is 6.11. The third kappa shape index (κ3) is 8.45. The number of unbranched alkanes of at least 4 members (excludes halogenated alkanes) is 3. The minimum atomic E-state index is -0.885. The van der Waals surface area contributed by atoms with Gasteiger partial charge in [-0.15, -0.1) is 0 Å². The van der Waals surface area contributed by atoms with E-state index in [0.29, 0.717) is 6.71 Å². The Hall–Kier alpha value is -4.61. The zero-order valence-electron chi connectivity index (χ0n) is 28.2. The summed E-state index contributed by atoms with van der Waals surface area (Å²) in [5.74, 6) is 1.84. The number of hydrogen-bond donors (Lipinski definition) is 0. The maximum absolute atomic E-state index is 6.11. The molecule has 0 saturated heterocycles. The topological polar surface area (TPSA) is 27.1 Å². The van der Waals surface area contributed by atoms with Crippen LogP contribution in [-0.2, 0) is 5.16 Å². The van der Waals surface area contributed by atoms with E-state index in [2.05, 4.69) is 168 Å². The Bertz CT molecular complexity index is 1680. The number of hydrogen-bond acceptors (Lipinski definition) is 2. The van der Waals surface area contributed by atoms with Crippen molar-refractivity contribution in [3.8, 4) is 5.75 Å². The molecule has 1 aromatic heterocycles. The normalized spacial score (nSPS) is 12.8. The Morgan fingerprint density at radius 1 is 0.708 bits per heavy atom. The number of imidazole rings is 1. The van der Waals surface area contributed by atoms with Crippen molar-refractivity contribution in [2.75, 3.05) is 6.61 Å². The van der Waals surface area contributed by atoms with Crippen molar-refractivity contribution in [1.82, 2.24) is 9.55 Å². The quantitative estimate of drug-likeness (QED) is 0.0903. The monoisotopic (exact) mass is 646 g/mol. The van der Waals surface area contributed by atoms with Crippen molar-refractivity contribution in [2.24, 2.45) is 0 Å². The highest BCUT2D eigenvalue weighted by atomic mass is 28.2. The number of nitrogens with zero attached hydrogens (tertiary/aromatic N) is 2. The molecular formula is C43H47BN2OSi. The van der Waals surface area contributed by atoms with Crippen molar-refractivity contribution >= 4 is 32.3 Å². The van der Waals surface area contributed by atoms with Gasteiger partial charge in [-0.05, 0) is 29.7 Å². The van der Waals surface area contributed by atoms with Gasteiger partial charge in [0.15, 0.2) is 0 Å². The second kappa shape index (κ2) is 17.0. The van der Waals surface area contributed by atoms with Gasteiger partial charge in [-0.25, -0.2) is 4.98 Å². The van der Waals surface area contributed by atoms with Crippen LogP contribution >= 0.6 is 0 Å². The van der Waals surface area contributed by atoms with Crippen LogP contribution in [0, 0.1) is 0 Å². The predicted octanol–water partition coefficient (Wildman–Crippen LogP) is 7.55. The molecule has 6 aromatic rings. The van der Waals surface area contributed by atoms with Crippen LogP contribution in [0.4, 0.5) is 0 Å². The zero-order valence-corrected chi connectivity index (χ0v) is 29.6. The average Bonchev–Trinajstić information content (AvgIpc) is 3.83. The van der Waals surface area contributed by atoms with Gasteiger partial charge in [0.1, 0.15) is 5.75 Å². The molecule has 48 heavy (non-hydrogen) atoms. The molecule has 0 aliphatic heterocycles. The van der Waals surface area contributed by atoms with Crippen molar-refractivity contribution in [3.63, 3.8) is 0 Å². The summed E-state index contributed by atoms with van der Waals surface area (Å²) in [6.45, 7) is 3.64. The molecule has 0 radical (unpaired) electrons. The van der Waals surface area contributed by atoms with Gasteiger partial charge in [0.2, 0.25) is 6.71 Å². The van der Waals surface area contributed by atoms with Crippen molar-refractivity contribution < 1.29 is 4.74 Å². The fourth-order valence-corrected chi connectivity index (χ4v) is 9.32. The largest absolute Gasteiger partial charge is 0.494 e. The average molecular weight is 647 g/mol. The molecule has 1 aliphatic rings. The van der Waals surface area contributed by atoms with Gasteiger partial charge in [0, 0.05) is 12.4 Å². The van der Waals surface area contributed by atoms with E-state index in [1.54, 1.807) is 0 Å². The minimum absolute atomic E-state index is 0.265. The molecule has 0 unspecified atom stereocenters. The maximum Gasteiger partial charge on any atom is 0.212 e. The summed E-state index contributed by atoms with van der Waals surface area (Å²) in [6, 6.07) is 52.2. The first kappa shape index (κ1) is 33.3. The Balaban J connectivity index is 0.000000208.